The number of fused-ring (bicyclic) bond motifs is 2. The van der Waals surface area contributed by atoms with E-state index in [-0.39, 0.29) is 11.8 Å². The van der Waals surface area contributed by atoms with Gasteiger partial charge in [0.1, 0.15) is 11.6 Å². The average molecular weight is 531 g/mol. The van der Waals surface area contributed by atoms with Crippen LogP contribution in [0.5, 0.6) is 5.75 Å². The van der Waals surface area contributed by atoms with Gasteiger partial charge in [-0.1, -0.05) is 26.0 Å². The highest BCUT2D eigenvalue weighted by atomic mass is 16.5. The minimum Gasteiger partial charge on any atom is -0.492 e. The third-order valence-electron chi connectivity index (χ3n) is 7.02. The summed E-state index contributed by atoms with van der Waals surface area (Å²) in [6.45, 7) is 10.2. The maximum absolute atomic E-state index is 13.1. The lowest BCUT2D eigenvalue weighted by Crippen LogP contribution is -2.29. The Kier molecular flexibility index (Phi) is 9.03. The van der Waals surface area contributed by atoms with Crippen molar-refractivity contribution in [3.05, 3.63) is 65.9 Å². The smallest absolute Gasteiger partial charge is 0.260 e. The molecule has 2 N–H and O–H groups in total. The number of carbonyl (C=O) groups excluding carboxylic acids is 2. The van der Waals surface area contributed by atoms with E-state index in [0.717, 1.165) is 37.4 Å². The number of rotatable bonds is 11. The van der Waals surface area contributed by atoms with Gasteiger partial charge >= 0.3 is 0 Å². The first kappa shape index (κ1) is 27.9. The molecule has 0 radical (unpaired) electrons. The summed E-state index contributed by atoms with van der Waals surface area (Å²) in [6, 6.07) is 14.8. The standard InChI is InChI=1S/C30H38N6O3/c1-6-36(7-2)17-11-16-31-29(37)21-14-15-23(27(18-21)39-8-3)33-28-19-25-26(20-32-28)35(5)30(38)22-12-9-10-13-24(22)34(25)4/h9-10,12-15,18-20H,6-8,11,16-17H2,1-5H3,(H,31,37)(H,32,33). The molecule has 1 aliphatic heterocycles. The molecule has 206 valence electrons. The lowest BCUT2D eigenvalue weighted by Gasteiger charge is -2.23. The lowest BCUT2D eigenvalue weighted by atomic mass is 10.1. The number of amides is 2. The van der Waals surface area contributed by atoms with E-state index in [0.29, 0.717) is 47.2 Å². The molecule has 0 saturated heterocycles. The summed E-state index contributed by atoms with van der Waals surface area (Å²) in [5, 5.41) is 6.35. The van der Waals surface area contributed by atoms with Crippen LogP contribution in [0.15, 0.2) is 54.7 Å². The quantitative estimate of drug-likeness (QED) is 0.336. The number of benzene rings is 2. The fraction of sp³-hybridized carbons (Fsp3) is 0.367. The largest absolute Gasteiger partial charge is 0.492 e. The molecule has 2 heterocycles. The Morgan fingerprint density at radius 2 is 1.74 bits per heavy atom. The average Bonchev–Trinajstić information content (AvgIpc) is 3.03. The summed E-state index contributed by atoms with van der Waals surface area (Å²) >= 11 is 0. The topological polar surface area (TPSA) is 90.0 Å². The van der Waals surface area contributed by atoms with E-state index in [9.17, 15) is 9.59 Å². The molecule has 0 unspecified atom stereocenters. The van der Waals surface area contributed by atoms with Crippen LogP contribution in [0.3, 0.4) is 0 Å². The molecular formula is C30H38N6O3. The maximum Gasteiger partial charge on any atom is 0.260 e. The summed E-state index contributed by atoms with van der Waals surface area (Å²) in [4.78, 5) is 36.4. The van der Waals surface area contributed by atoms with Gasteiger partial charge in [0, 0.05) is 32.3 Å². The van der Waals surface area contributed by atoms with E-state index in [2.05, 4.69) is 34.4 Å². The van der Waals surface area contributed by atoms with Crippen LogP contribution in [0, 0.1) is 0 Å². The molecule has 0 aliphatic carbocycles. The molecule has 0 fully saturated rings. The summed E-state index contributed by atoms with van der Waals surface area (Å²) in [5.74, 6) is 0.948. The van der Waals surface area contributed by atoms with E-state index in [1.54, 1.807) is 30.3 Å². The number of hydrogen-bond acceptors (Lipinski definition) is 7. The fourth-order valence-electron chi connectivity index (χ4n) is 4.73. The zero-order valence-corrected chi connectivity index (χ0v) is 23.5. The van der Waals surface area contributed by atoms with Gasteiger partial charge in [-0.3, -0.25) is 9.59 Å². The summed E-state index contributed by atoms with van der Waals surface area (Å²) in [5.41, 5.74) is 4.25. The highest BCUT2D eigenvalue weighted by Gasteiger charge is 2.27. The van der Waals surface area contributed by atoms with E-state index in [1.807, 2.05) is 55.3 Å². The molecule has 0 atom stereocenters. The van der Waals surface area contributed by atoms with Crippen molar-refractivity contribution in [2.75, 3.05) is 62.0 Å². The summed E-state index contributed by atoms with van der Waals surface area (Å²) in [6.07, 6.45) is 2.59. The second-order valence-electron chi connectivity index (χ2n) is 9.40. The van der Waals surface area contributed by atoms with Crippen molar-refractivity contribution in [1.82, 2.24) is 15.2 Å². The second-order valence-corrected chi connectivity index (χ2v) is 9.40. The number of nitrogens with one attached hydrogen (secondary N) is 2. The maximum atomic E-state index is 13.1. The van der Waals surface area contributed by atoms with Crippen LogP contribution in [0.1, 0.15) is 47.9 Å². The Morgan fingerprint density at radius 1 is 0.974 bits per heavy atom. The molecule has 9 nitrogen and oxygen atoms in total. The first-order valence-electron chi connectivity index (χ1n) is 13.5. The minimum absolute atomic E-state index is 0.0840. The summed E-state index contributed by atoms with van der Waals surface area (Å²) < 4.78 is 5.88. The fourth-order valence-corrected chi connectivity index (χ4v) is 4.73. The van der Waals surface area contributed by atoms with Crippen LogP contribution in [0.2, 0.25) is 0 Å². The van der Waals surface area contributed by atoms with Crippen LogP contribution < -0.4 is 25.2 Å². The van der Waals surface area contributed by atoms with Crippen LogP contribution in [0.25, 0.3) is 0 Å². The zero-order chi connectivity index (χ0) is 27.9. The molecule has 2 aromatic carbocycles. The number of aromatic nitrogens is 1. The lowest BCUT2D eigenvalue weighted by molar-refractivity contribution is 0.0950. The third-order valence-corrected chi connectivity index (χ3v) is 7.02. The van der Waals surface area contributed by atoms with Gasteiger partial charge in [-0.2, -0.15) is 0 Å². The number of hydrogen-bond donors (Lipinski definition) is 2. The molecule has 39 heavy (non-hydrogen) atoms. The van der Waals surface area contributed by atoms with Crippen LogP contribution in [0.4, 0.5) is 28.6 Å². The monoisotopic (exact) mass is 530 g/mol. The van der Waals surface area contributed by atoms with Crippen LogP contribution in [-0.4, -0.2) is 68.6 Å². The Morgan fingerprint density at radius 3 is 2.49 bits per heavy atom. The summed E-state index contributed by atoms with van der Waals surface area (Å²) in [7, 11) is 3.70. The molecule has 2 amide bonds. The van der Waals surface area contributed by atoms with Crippen molar-refractivity contribution >= 4 is 40.4 Å². The number of para-hydroxylation sites is 1. The third kappa shape index (κ3) is 6.15. The van der Waals surface area contributed by atoms with Crippen molar-refractivity contribution in [3.63, 3.8) is 0 Å². The second kappa shape index (κ2) is 12.6. The van der Waals surface area contributed by atoms with Crippen molar-refractivity contribution in [1.29, 1.82) is 0 Å². The van der Waals surface area contributed by atoms with Gasteiger partial charge in [-0.05, 0) is 63.3 Å². The molecule has 4 rings (SSSR count). The molecule has 0 bridgehead atoms. The van der Waals surface area contributed by atoms with Crippen molar-refractivity contribution in [3.8, 4) is 5.75 Å². The Balaban J connectivity index is 1.53. The van der Waals surface area contributed by atoms with Gasteiger partial charge in [0.15, 0.2) is 0 Å². The number of ether oxygens (including phenoxy) is 1. The molecular weight excluding hydrogens is 492 g/mol. The number of nitrogens with zero attached hydrogens (tertiary/aromatic N) is 4. The highest BCUT2D eigenvalue weighted by Crippen LogP contribution is 2.40. The number of anilines is 5. The van der Waals surface area contributed by atoms with Gasteiger partial charge in [-0.15, -0.1) is 0 Å². The van der Waals surface area contributed by atoms with Gasteiger partial charge in [0.25, 0.3) is 11.8 Å². The molecule has 0 saturated carbocycles. The molecule has 1 aliphatic rings. The van der Waals surface area contributed by atoms with Crippen molar-refractivity contribution < 1.29 is 14.3 Å². The van der Waals surface area contributed by atoms with E-state index in [1.165, 1.54) is 0 Å². The highest BCUT2D eigenvalue weighted by molar-refractivity contribution is 6.13. The van der Waals surface area contributed by atoms with E-state index in [4.69, 9.17) is 4.74 Å². The van der Waals surface area contributed by atoms with Gasteiger partial charge in [0.2, 0.25) is 0 Å². The molecule has 9 heteroatoms. The molecule has 0 spiro atoms. The van der Waals surface area contributed by atoms with Crippen LogP contribution in [-0.2, 0) is 0 Å². The Bertz CT molecular complexity index is 1320. The van der Waals surface area contributed by atoms with Crippen molar-refractivity contribution in [2.24, 2.45) is 0 Å². The SMILES string of the molecule is CCOc1cc(C(=O)NCCCN(CC)CC)ccc1Nc1cc2c(cn1)N(C)C(=O)c1ccccc1N2C. The van der Waals surface area contributed by atoms with E-state index < -0.39 is 0 Å². The predicted molar refractivity (Wildman–Crippen MR) is 157 cm³/mol. The minimum atomic E-state index is -0.127. The first-order chi connectivity index (χ1) is 18.9. The number of pyridine rings is 1. The van der Waals surface area contributed by atoms with Crippen molar-refractivity contribution in [2.45, 2.75) is 27.2 Å². The van der Waals surface area contributed by atoms with E-state index >= 15 is 0 Å². The van der Waals surface area contributed by atoms with Gasteiger partial charge in [0.05, 0.1) is 41.1 Å². The van der Waals surface area contributed by atoms with Gasteiger partial charge in [-0.25, -0.2) is 4.98 Å². The predicted octanol–water partition coefficient (Wildman–Crippen LogP) is 5.04. The van der Waals surface area contributed by atoms with Gasteiger partial charge < -0.3 is 30.1 Å². The molecule has 3 aromatic rings. The normalized spacial score (nSPS) is 12.6. The Hall–Kier alpha value is -4.11. The Labute approximate surface area is 230 Å². The van der Waals surface area contributed by atoms with Crippen LogP contribution >= 0.6 is 0 Å². The zero-order valence-electron chi connectivity index (χ0n) is 23.5. The number of carbonyl (C=O) groups is 2. The first-order valence-corrected chi connectivity index (χ1v) is 13.5. The molecule has 1 aromatic heterocycles.